The maximum atomic E-state index is 12.6. The van der Waals surface area contributed by atoms with E-state index in [9.17, 15) is 14.4 Å². The average molecular weight is 429 g/mol. The lowest BCUT2D eigenvalue weighted by Crippen LogP contribution is -2.47. The number of benzene rings is 1. The van der Waals surface area contributed by atoms with E-state index in [0.717, 1.165) is 0 Å². The van der Waals surface area contributed by atoms with Gasteiger partial charge in [-0.25, -0.2) is 4.98 Å². The number of hydrogen-bond acceptors (Lipinski definition) is 5. The van der Waals surface area contributed by atoms with E-state index in [4.69, 9.17) is 28.9 Å². The number of thiazole rings is 1. The molecule has 2 aromatic rings. The summed E-state index contributed by atoms with van der Waals surface area (Å²) in [4.78, 5) is 40.1. The Hall–Kier alpha value is -2.16. The van der Waals surface area contributed by atoms with Crippen LogP contribution in [0.5, 0.6) is 0 Å². The van der Waals surface area contributed by atoms with Gasteiger partial charge in [-0.3, -0.25) is 14.4 Å². The van der Waals surface area contributed by atoms with E-state index in [1.54, 1.807) is 25.3 Å². The number of nitrogens with zero attached hydrogens (tertiary/aromatic N) is 1. The molecule has 0 radical (unpaired) electrons. The van der Waals surface area contributed by atoms with Crippen molar-refractivity contribution in [2.75, 3.05) is 5.32 Å². The summed E-state index contributed by atoms with van der Waals surface area (Å²) in [7, 11) is 0. The fourth-order valence-electron chi connectivity index (χ4n) is 2.23. The number of rotatable bonds is 7. The largest absolute Gasteiger partial charge is 0.369 e. The first kappa shape index (κ1) is 21.1. The molecule has 0 saturated carbocycles. The zero-order valence-electron chi connectivity index (χ0n) is 14.6. The van der Waals surface area contributed by atoms with Crippen LogP contribution in [0.1, 0.15) is 29.9 Å². The summed E-state index contributed by atoms with van der Waals surface area (Å²) in [5.74, 6) is -1.61. The molecule has 7 nitrogen and oxygen atoms in total. The molecule has 27 heavy (non-hydrogen) atoms. The molecule has 0 aliphatic carbocycles. The Bertz CT molecular complexity index is 870. The molecule has 1 atom stereocenters. The van der Waals surface area contributed by atoms with Crippen molar-refractivity contribution in [2.45, 2.75) is 26.3 Å². The fraction of sp³-hybridized carbons (Fsp3) is 0.294. The van der Waals surface area contributed by atoms with Gasteiger partial charge in [-0.05, 0) is 24.1 Å². The normalized spacial score (nSPS) is 11.9. The van der Waals surface area contributed by atoms with Crippen LogP contribution in [0.2, 0.25) is 10.0 Å². The van der Waals surface area contributed by atoms with Crippen LogP contribution in [-0.2, 0) is 16.0 Å². The van der Waals surface area contributed by atoms with Crippen LogP contribution in [-0.4, -0.2) is 28.7 Å². The first-order chi connectivity index (χ1) is 12.7. The number of carbonyl (C=O) groups is 3. The minimum atomic E-state index is -0.812. The predicted octanol–water partition coefficient (Wildman–Crippen LogP) is 2.87. The van der Waals surface area contributed by atoms with Gasteiger partial charge in [-0.1, -0.05) is 37.0 Å². The molecule has 0 aliphatic rings. The zero-order chi connectivity index (χ0) is 20.1. The minimum absolute atomic E-state index is 0.00815. The second-order valence-electron chi connectivity index (χ2n) is 6.10. The van der Waals surface area contributed by atoms with Crippen LogP contribution in [0.15, 0.2) is 23.6 Å². The van der Waals surface area contributed by atoms with E-state index in [1.807, 2.05) is 0 Å². The van der Waals surface area contributed by atoms with Crippen molar-refractivity contribution in [3.05, 3.63) is 44.9 Å². The van der Waals surface area contributed by atoms with Crippen LogP contribution in [0, 0.1) is 5.92 Å². The standard InChI is InChI=1S/C17H18Cl2N4O3S/c1-8(2)14(22-15(25)11-4-3-9(18)5-12(11)19)16(26)23-17-21-10(7-27-17)6-13(20)24/h3-5,7-8,14H,6H2,1-2H3,(H2,20,24)(H,22,25)(H,21,23,26)/t14-/m0/s1. The summed E-state index contributed by atoms with van der Waals surface area (Å²) < 4.78 is 0. The molecule has 0 saturated heterocycles. The summed E-state index contributed by atoms with van der Waals surface area (Å²) in [5, 5.41) is 7.88. The van der Waals surface area contributed by atoms with E-state index in [0.29, 0.717) is 15.8 Å². The van der Waals surface area contributed by atoms with Crippen molar-refractivity contribution in [2.24, 2.45) is 11.7 Å². The maximum absolute atomic E-state index is 12.6. The third-order valence-electron chi connectivity index (χ3n) is 3.55. The van der Waals surface area contributed by atoms with Crippen LogP contribution >= 0.6 is 34.5 Å². The Kier molecular flexibility index (Phi) is 7.18. The molecule has 144 valence electrons. The van der Waals surface area contributed by atoms with Gasteiger partial charge in [0.2, 0.25) is 11.8 Å². The van der Waals surface area contributed by atoms with Crippen LogP contribution < -0.4 is 16.4 Å². The first-order valence-electron chi connectivity index (χ1n) is 7.97. The van der Waals surface area contributed by atoms with Crippen LogP contribution in [0.4, 0.5) is 5.13 Å². The van der Waals surface area contributed by atoms with Crippen molar-refractivity contribution >= 4 is 57.4 Å². The third kappa shape index (κ3) is 5.92. The molecule has 3 amide bonds. The highest BCUT2D eigenvalue weighted by Gasteiger charge is 2.26. The number of hydrogen-bond donors (Lipinski definition) is 3. The topological polar surface area (TPSA) is 114 Å². The second kappa shape index (κ2) is 9.16. The molecule has 0 spiro atoms. The lowest BCUT2D eigenvalue weighted by Gasteiger charge is -2.21. The molecule has 0 bridgehead atoms. The number of nitrogens with two attached hydrogens (primary N) is 1. The van der Waals surface area contributed by atoms with E-state index in [-0.39, 0.29) is 22.9 Å². The van der Waals surface area contributed by atoms with E-state index in [2.05, 4.69) is 15.6 Å². The molecule has 1 aromatic carbocycles. The van der Waals surface area contributed by atoms with Gasteiger partial charge in [0.25, 0.3) is 5.91 Å². The van der Waals surface area contributed by atoms with Gasteiger partial charge in [0, 0.05) is 10.4 Å². The Labute approximate surface area is 170 Å². The average Bonchev–Trinajstić information content (AvgIpc) is 2.97. The number of nitrogens with one attached hydrogen (secondary N) is 2. The molecule has 0 fully saturated rings. The summed E-state index contributed by atoms with van der Waals surface area (Å²) in [6.45, 7) is 3.60. The monoisotopic (exact) mass is 428 g/mol. The summed E-state index contributed by atoms with van der Waals surface area (Å²) in [6.07, 6.45) is -0.00815. The van der Waals surface area contributed by atoms with Crippen molar-refractivity contribution in [1.29, 1.82) is 0 Å². The van der Waals surface area contributed by atoms with Crippen LogP contribution in [0.3, 0.4) is 0 Å². The van der Waals surface area contributed by atoms with Crippen molar-refractivity contribution in [1.82, 2.24) is 10.3 Å². The summed E-state index contributed by atoms with van der Waals surface area (Å²) >= 11 is 13.1. The molecular formula is C17H18Cl2N4O3S. The van der Waals surface area contributed by atoms with Gasteiger partial charge < -0.3 is 16.4 Å². The third-order valence-corrected chi connectivity index (χ3v) is 4.90. The van der Waals surface area contributed by atoms with Gasteiger partial charge >= 0.3 is 0 Å². The Balaban J connectivity index is 2.09. The van der Waals surface area contributed by atoms with Gasteiger partial charge in [0.15, 0.2) is 5.13 Å². The van der Waals surface area contributed by atoms with E-state index in [1.165, 1.54) is 23.5 Å². The number of halogens is 2. The molecule has 0 aliphatic heterocycles. The summed E-state index contributed by atoms with van der Waals surface area (Å²) in [6, 6.07) is 3.68. The highest BCUT2D eigenvalue weighted by atomic mass is 35.5. The Morgan fingerprint density at radius 3 is 2.56 bits per heavy atom. The Morgan fingerprint density at radius 1 is 1.26 bits per heavy atom. The second-order valence-corrected chi connectivity index (χ2v) is 7.80. The summed E-state index contributed by atoms with van der Waals surface area (Å²) in [5.41, 5.74) is 5.82. The van der Waals surface area contributed by atoms with E-state index >= 15 is 0 Å². The first-order valence-corrected chi connectivity index (χ1v) is 9.60. The van der Waals surface area contributed by atoms with Crippen molar-refractivity contribution in [3.63, 3.8) is 0 Å². The number of primary amides is 1. The van der Waals surface area contributed by atoms with Crippen molar-refractivity contribution < 1.29 is 14.4 Å². The molecular weight excluding hydrogens is 411 g/mol. The van der Waals surface area contributed by atoms with Gasteiger partial charge in [0.05, 0.1) is 22.7 Å². The lowest BCUT2D eigenvalue weighted by atomic mass is 10.0. The molecule has 1 aromatic heterocycles. The Morgan fingerprint density at radius 2 is 1.96 bits per heavy atom. The molecule has 0 unspecified atom stereocenters. The smallest absolute Gasteiger partial charge is 0.253 e. The molecule has 1 heterocycles. The highest BCUT2D eigenvalue weighted by molar-refractivity contribution is 7.13. The number of amides is 3. The predicted molar refractivity (Wildman–Crippen MR) is 106 cm³/mol. The SMILES string of the molecule is CC(C)[C@H](NC(=O)c1ccc(Cl)cc1Cl)C(=O)Nc1nc(CC(N)=O)cs1. The van der Waals surface area contributed by atoms with Crippen LogP contribution in [0.25, 0.3) is 0 Å². The number of carbonyl (C=O) groups excluding carboxylic acids is 3. The minimum Gasteiger partial charge on any atom is -0.369 e. The lowest BCUT2D eigenvalue weighted by molar-refractivity contribution is -0.119. The van der Waals surface area contributed by atoms with E-state index < -0.39 is 23.8 Å². The van der Waals surface area contributed by atoms with Gasteiger partial charge in [-0.2, -0.15) is 0 Å². The zero-order valence-corrected chi connectivity index (χ0v) is 16.9. The molecule has 4 N–H and O–H groups in total. The fourth-order valence-corrected chi connectivity index (χ4v) is 3.44. The van der Waals surface area contributed by atoms with Gasteiger partial charge in [-0.15, -0.1) is 11.3 Å². The van der Waals surface area contributed by atoms with Gasteiger partial charge in [0.1, 0.15) is 6.04 Å². The molecule has 10 heteroatoms. The number of anilines is 1. The van der Waals surface area contributed by atoms with Crippen molar-refractivity contribution in [3.8, 4) is 0 Å². The maximum Gasteiger partial charge on any atom is 0.253 e. The number of aromatic nitrogens is 1. The highest BCUT2D eigenvalue weighted by Crippen LogP contribution is 2.22. The molecule has 2 rings (SSSR count). The quantitative estimate of drug-likeness (QED) is 0.628.